The lowest BCUT2D eigenvalue weighted by atomic mass is 9.81. The van der Waals surface area contributed by atoms with Crippen LogP contribution in [0.4, 0.5) is 0 Å². The third-order valence-electron chi connectivity index (χ3n) is 5.80. The van der Waals surface area contributed by atoms with E-state index >= 15 is 0 Å². The summed E-state index contributed by atoms with van der Waals surface area (Å²) in [4.78, 5) is 39.4. The lowest BCUT2D eigenvalue weighted by Crippen LogP contribution is -3.06. The van der Waals surface area contributed by atoms with E-state index < -0.39 is 18.4 Å². The molecule has 1 aliphatic heterocycles. The number of quaternary nitrogens is 1. The molecule has 1 aliphatic rings. The monoisotopic (exact) mass is 547 g/mol. The third kappa shape index (κ3) is 6.64. The molecule has 0 saturated heterocycles. The molecule has 1 aromatic heterocycles. The first kappa shape index (κ1) is 27.7. The highest BCUT2D eigenvalue weighted by Gasteiger charge is 2.44. The molecule has 0 saturated carbocycles. The van der Waals surface area contributed by atoms with Gasteiger partial charge in [0.05, 0.1) is 43.5 Å². The van der Waals surface area contributed by atoms with E-state index in [2.05, 4.69) is 5.32 Å². The first-order valence-corrected chi connectivity index (χ1v) is 12.9. The molecule has 2 aromatic carbocycles. The average molecular weight is 548 g/mol. The maximum Gasteiger partial charge on any atom is 0.255 e. The van der Waals surface area contributed by atoms with E-state index in [1.807, 2.05) is 68.7 Å². The quantitative estimate of drug-likeness (QED) is 0.443. The van der Waals surface area contributed by atoms with Crippen LogP contribution in [-0.2, 0) is 16.1 Å². The van der Waals surface area contributed by atoms with Crippen LogP contribution >= 0.6 is 34.5 Å². The Morgan fingerprint density at radius 1 is 1.11 bits per heavy atom. The Labute approximate surface area is 224 Å². The van der Waals surface area contributed by atoms with E-state index in [9.17, 15) is 9.59 Å². The van der Waals surface area contributed by atoms with Gasteiger partial charge >= 0.3 is 0 Å². The highest BCUT2D eigenvalue weighted by Crippen LogP contribution is 2.46. The molecule has 0 aliphatic carbocycles. The van der Waals surface area contributed by atoms with Crippen LogP contribution in [0.15, 0.2) is 60.7 Å². The largest absolute Gasteiger partial charge is 0.554 e. The summed E-state index contributed by atoms with van der Waals surface area (Å²) < 4.78 is 0.623. The normalized spacial score (nSPS) is 16.7. The van der Waals surface area contributed by atoms with Gasteiger partial charge in [0, 0.05) is 28.5 Å². The number of fused-ring (bicyclic) bond motifs is 1. The van der Waals surface area contributed by atoms with Crippen LogP contribution in [0.2, 0.25) is 9.36 Å². The van der Waals surface area contributed by atoms with Gasteiger partial charge in [-0.2, -0.15) is 0 Å². The van der Waals surface area contributed by atoms with Crippen molar-refractivity contribution in [3.63, 3.8) is 0 Å². The van der Waals surface area contributed by atoms with Crippen molar-refractivity contribution in [1.82, 2.24) is 10.2 Å². The molecule has 7 nitrogen and oxygen atoms in total. The van der Waals surface area contributed by atoms with Gasteiger partial charge in [0.25, 0.3) is 5.91 Å². The minimum Gasteiger partial charge on any atom is -0.554 e. The SMILES string of the molecule is C[NH+](C)CCNC(=O)C1c2ccccc2C(=O)N(Cc2ccc(Cl)cc2)C1c1ccc(Cl)s1.O=C[O-]. The molecule has 10 heteroatoms. The first-order valence-electron chi connectivity index (χ1n) is 11.3. The lowest BCUT2D eigenvalue weighted by molar-refractivity contribution is -0.856. The summed E-state index contributed by atoms with van der Waals surface area (Å²) in [6.45, 7) is 1.22. The topological polar surface area (TPSA) is 94.0 Å². The second kappa shape index (κ2) is 12.9. The molecule has 2 unspecified atom stereocenters. The highest BCUT2D eigenvalue weighted by atomic mass is 35.5. The van der Waals surface area contributed by atoms with Gasteiger partial charge in [0.15, 0.2) is 0 Å². The van der Waals surface area contributed by atoms with E-state index in [0.717, 1.165) is 22.5 Å². The van der Waals surface area contributed by atoms with E-state index in [4.69, 9.17) is 33.1 Å². The molecule has 2 amide bonds. The number of likely N-dealkylation sites (N-methyl/N-ethyl adjacent to an activating group) is 1. The number of rotatable bonds is 7. The predicted octanol–water partition coefficient (Wildman–Crippen LogP) is 2.16. The zero-order chi connectivity index (χ0) is 26.2. The van der Waals surface area contributed by atoms with E-state index in [1.54, 1.807) is 11.0 Å². The lowest BCUT2D eigenvalue weighted by Gasteiger charge is -2.41. The Morgan fingerprint density at radius 3 is 2.39 bits per heavy atom. The van der Waals surface area contributed by atoms with Crippen LogP contribution in [-0.4, -0.2) is 50.4 Å². The van der Waals surface area contributed by atoms with Crippen LogP contribution in [0, 0.1) is 0 Å². The fourth-order valence-corrected chi connectivity index (χ4v) is 5.52. The molecular formula is C26H27Cl2N3O4S. The predicted molar refractivity (Wildman–Crippen MR) is 139 cm³/mol. The fraction of sp³-hybridized carbons (Fsp3) is 0.269. The molecule has 36 heavy (non-hydrogen) atoms. The maximum atomic E-state index is 13.7. The number of amides is 2. The van der Waals surface area contributed by atoms with Crippen molar-refractivity contribution in [2.75, 3.05) is 27.2 Å². The first-order chi connectivity index (χ1) is 17.3. The smallest absolute Gasteiger partial charge is 0.255 e. The maximum absolute atomic E-state index is 13.7. The molecule has 0 bridgehead atoms. The summed E-state index contributed by atoms with van der Waals surface area (Å²) >= 11 is 13.8. The molecule has 2 N–H and O–H groups in total. The molecule has 0 fully saturated rings. The molecule has 2 heterocycles. The van der Waals surface area contributed by atoms with Gasteiger partial charge < -0.3 is 25.0 Å². The molecule has 190 valence electrons. The van der Waals surface area contributed by atoms with Gasteiger partial charge in [0.2, 0.25) is 5.91 Å². The second-order valence-electron chi connectivity index (χ2n) is 8.56. The van der Waals surface area contributed by atoms with Crippen molar-refractivity contribution < 1.29 is 24.4 Å². The minimum atomic E-state index is -0.543. The van der Waals surface area contributed by atoms with Crippen molar-refractivity contribution in [3.8, 4) is 0 Å². The van der Waals surface area contributed by atoms with Gasteiger partial charge in [0.1, 0.15) is 0 Å². The van der Waals surface area contributed by atoms with Crippen molar-refractivity contribution in [1.29, 1.82) is 0 Å². The molecule has 2 atom stereocenters. The van der Waals surface area contributed by atoms with Gasteiger partial charge in [-0.1, -0.05) is 53.5 Å². The van der Waals surface area contributed by atoms with Gasteiger partial charge in [-0.15, -0.1) is 11.3 Å². The van der Waals surface area contributed by atoms with Crippen LogP contribution < -0.4 is 15.3 Å². The summed E-state index contributed by atoms with van der Waals surface area (Å²) in [7, 11) is 4.09. The van der Waals surface area contributed by atoms with Crippen LogP contribution in [0.25, 0.3) is 0 Å². The Balaban J connectivity index is 0.00000115. The minimum absolute atomic E-state index is 0.0909. The van der Waals surface area contributed by atoms with Gasteiger partial charge in [-0.25, -0.2) is 0 Å². The summed E-state index contributed by atoms with van der Waals surface area (Å²) in [5, 5.41) is 12.0. The average Bonchev–Trinajstić information content (AvgIpc) is 3.28. The number of hydrogen-bond acceptors (Lipinski definition) is 5. The second-order valence-corrected chi connectivity index (χ2v) is 10.7. The number of carbonyl (C=O) groups excluding carboxylic acids is 3. The van der Waals surface area contributed by atoms with Crippen molar-refractivity contribution in [2.45, 2.75) is 18.5 Å². The van der Waals surface area contributed by atoms with E-state index in [-0.39, 0.29) is 11.8 Å². The van der Waals surface area contributed by atoms with E-state index in [0.29, 0.717) is 28.0 Å². The Kier molecular flexibility index (Phi) is 9.89. The number of carbonyl (C=O) groups is 3. The fourth-order valence-electron chi connectivity index (χ4n) is 4.19. The molecule has 0 spiro atoms. The Hall–Kier alpha value is -2.91. The van der Waals surface area contributed by atoms with Gasteiger partial charge in [-0.3, -0.25) is 9.59 Å². The number of hydrogen-bond donors (Lipinski definition) is 2. The number of halogens is 2. The summed E-state index contributed by atoms with van der Waals surface area (Å²) in [6.07, 6.45) is 0. The number of carboxylic acid groups (broad SMARTS) is 1. The summed E-state index contributed by atoms with van der Waals surface area (Å²) in [5.74, 6) is -0.734. The van der Waals surface area contributed by atoms with Crippen LogP contribution in [0.1, 0.15) is 38.3 Å². The molecule has 3 aromatic rings. The van der Waals surface area contributed by atoms with E-state index in [1.165, 1.54) is 16.2 Å². The number of nitrogens with one attached hydrogen (secondary N) is 2. The van der Waals surface area contributed by atoms with Crippen molar-refractivity contribution >= 4 is 52.8 Å². The Bertz CT molecular complexity index is 1200. The summed E-state index contributed by atoms with van der Waals surface area (Å²) in [5.41, 5.74) is 2.25. The molecule has 4 rings (SSSR count). The zero-order valence-corrected chi connectivity index (χ0v) is 22.2. The molecule has 0 radical (unpaired) electrons. The highest BCUT2D eigenvalue weighted by molar-refractivity contribution is 7.16. The van der Waals surface area contributed by atoms with Gasteiger partial charge in [-0.05, 0) is 41.5 Å². The van der Waals surface area contributed by atoms with Crippen LogP contribution in [0.5, 0.6) is 0 Å². The number of nitrogens with zero attached hydrogens (tertiary/aromatic N) is 1. The summed E-state index contributed by atoms with van der Waals surface area (Å²) in [6, 6.07) is 18.1. The third-order valence-corrected chi connectivity index (χ3v) is 7.35. The van der Waals surface area contributed by atoms with Crippen molar-refractivity contribution in [2.24, 2.45) is 0 Å². The van der Waals surface area contributed by atoms with Crippen LogP contribution in [0.3, 0.4) is 0 Å². The molecular weight excluding hydrogens is 521 g/mol. The number of thiophene rings is 1. The van der Waals surface area contributed by atoms with Crippen molar-refractivity contribution in [3.05, 3.63) is 91.6 Å². The zero-order valence-electron chi connectivity index (χ0n) is 19.9. The number of benzene rings is 2. The Morgan fingerprint density at radius 2 is 1.78 bits per heavy atom. The standard InChI is InChI=1S/C25H25Cl2N3O2S.CH2O2/c1-29(2)14-13-28-24(31)22-18-5-3-4-6-19(18)25(32)30(15-16-7-9-17(26)10-8-16)23(22)20-11-12-21(27)33-20;2-1-3/h3-12,22-23H,13-15H2,1-2H3,(H,28,31);1H,(H,2,3).